The monoisotopic (exact) mass is 420 g/mol. The van der Waals surface area contributed by atoms with Crippen molar-refractivity contribution in [2.24, 2.45) is 0 Å². The van der Waals surface area contributed by atoms with E-state index in [1.807, 2.05) is 19.2 Å². The van der Waals surface area contributed by atoms with Crippen LogP contribution in [0.25, 0.3) is 53.9 Å². The highest BCUT2D eigenvalue weighted by Crippen LogP contribution is 2.38. The number of pyridine rings is 2. The van der Waals surface area contributed by atoms with Gasteiger partial charge in [-0.2, -0.15) is 0 Å². The van der Waals surface area contributed by atoms with Gasteiger partial charge in [0.05, 0.1) is 5.69 Å². The number of hydrogen-bond donors (Lipinski definition) is 0. The lowest BCUT2D eigenvalue weighted by Gasteiger charge is -2.02. The predicted octanol–water partition coefficient (Wildman–Crippen LogP) is 7.85. The van der Waals surface area contributed by atoms with E-state index < -0.39 is 0 Å². The van der Waals surface area contributed by atoms with Crippen LogP contribution in [0, 0.1) is 20.8 Å². The molecule has 6 aromatic rings. The molecule has 0 aliphatic rings. The Hall–Kier alpha value is -3.50. The summed E-state index contributed by atoms with van der Waals surface area (Å²) in [5.41, 5.74) is 8.22. The van der Waals surface area contributed by atoms with E-state index in [4.69, 9.17) is 9.40 Å². The van der Waals surface area contributed by atoms with Gasteiger partial charge in [-0.15, -0.1) is 11.3 Å². The number of rotatable bonds is 2. The van der Waals surface area contributed by atoms with Gasteiger partial charge >= 0.3 is 0 Å². The van der Waals surface area contributed by atoms with Crippen molar-refractivity contribution in [1.82, 2.24) is 9.97 Å². The fourth-order valence-electron chi connectivity index (χ4n) is 4.31. The van der Waals surface area contributed by atoms with Gasteiger partial charge in [0.15, 0.2) is 0 Å². The first-order valence-electron chi connectivity index (χ1n) is 10.3. The van der Waals surface area contributed by atoms with Crippen LogP contribution in [0.2, 0.25) is 0 Å². The molecule has 0 saturated heterocycles. The Bertz CT molecular complexity index is 1600. The maximum Gasteiger partial charge on any atom is 0.227 e. The molecule has 0 unspecified atom stereocenters. The van der Waals surface area contributed by atoms with Gasteiger partial charge in [-0.1, -0.05) is 41.5 Å². The second-order valence-corrected chi connectivity index (χ2v) is 9.27. The van der Waals surface area contributed by atoms with Crippen molar-refractivity contribution in [1.29, 1.82) is 0 Å². The lowest BCUT2D eigenvalue weighted by atomic mass is 10.1. The normalized spacial score (nSPS) is 11.7. The Labute approximate surface area is 184 Å². The summed E-state index contributed by atoms with van der Waals surface area (Å²) in [7, 11) is 0. The summed E-state index contributed by atoms with van der Waals surface area (Å²) in [6, 6.07) is 21.4. The Morgan fingerprint density at radius 1 is 0.839 bits per heavy atom. The van der Waals surface area contributed by atoms with Crippen LogP contribution >= 0.6 is 11.3 Å². The van der Waals surface area contributed by atoms with Crippen LogP contribution in [0.1, 0.15) is 16.8 Å². The molecule has 3 nitrogen and oxygen atoms in total. The van der Waals surface area contributed by atoms with Crippen LogP contribution in [0.5, 0.6) is 0 Å². The van der Waals surface area contributed by atoms with Gasteiger partial charge < -0.3 is 4.42 Å². The maximum atomic E-state index is 6.18. The summed E-state index contributed by atoms with van der Waals surface area (Å²) in [5.74, 6) is 0. The van der Waals surface area contributed by atoms with E-state index in [1.54, 1.807) is 11.3 Å². The highest BCUT2D eigenvalue weighted by Gasteiger charge is 2.15. The molecule has 4 aromatic heterocycles. The highest BCUT2D eigenvalue weighted by molar-refractivity contribution is 7.22. The molecule has 0 saturated carbocycles. The highest BCUT2D eigenvalue weighted by atomic mass is 32.1. The van der Waals surface area contributed by atoms with E-state index in [0.29, 0.717) is 5.71 Å². The van der Waals surface area contributed by atoms with E-state index in [9.17, 15) is 0 Å². The summed E-state index contributed by atoms with van der Waals surface area (Å²) in [6.45, 7) is 6.27. The van der Waals surface area contributed by atoms with Crippen LogP contribution in [-0.4, -0.2) is 9.97 Å². The largest absolute Gasteiger partial charge is 0.437 e. The summed E-state index contributed by atoms with van der Waals surface area (Å²) in [6.07, 6.45) is 1.97. The lowest BCUT2D eigenvalue weighted by molar-refractivity contribution is 0.653. The van der Waals surface area contributed by atoms with Gasteiger partial charge in [-0.05, 0) is 56.7 Å². The zero-order valence-electron chi connectivity index (χ0n) is 17.6. The number of fused-ring (bicyclic) bond motifs is 4. The molecule has 0 radical (unpaired) electrons. The van der Waals surface area contributed by atoms with Crippen molar-refractivity contribution in [3.05, 3.63) is 83.7 Å². The number of aryl methyl sites for hydroxylation is 3. The van der Waals surface area contributed by atoms with Gasteiger partial charge in [-0.3, -0.25) is 4.98 Å². The van der Waals surface area contributed by atoms with Gasteiger partial charge in [0, 0.05) is 43.2 Å². The molecule has 0 atom stereocenters. The minimum atomic E-state index is 0.678. The summed E-state index contributed by atoms with van der Waals surface area (Å²) in [4.78, 5) is 10.6. The first-order chi connectivity index (χ1) is 15.0. The van der Waals surface area contributed by atoms with Gasteiger partial charge in [0.25, 0.3) is 0 Å². The third-order valence-corrected chi connectivity index (χ3v) is 6.83. The molecule has 0 amide bonds. The first-order valence-corrected chi connectivity index (χ1v) is 11.1. The lowest BCUT2D eigenvalue weighted by Crippen LogP contribution is -1.83. The minimum absolute atomic E-state index is 0.678. The van der Waals surface area contributed by atoms with E-state index >= 15 is 0 Å². The number of furan rings is 1. The average Bonchev–Trinajstić information content (AvgIpc) is 3.33. The molecule has 0 bridgehead atoms. The topological polar surface area (TPSA) is 38.9 Å². The number of nitrogens with zero attached hydrogens (tertiary/aromatic N) is 2. The molecule has 0 N–H and O–H groups in total. The Morgan fingerprint density at radius 2 is 1.68 bits per heavy atom. The van der Waals surface area contributed by atoms with Crippen molar-refractivity contribution in [3.63, 3.8) is 0 Å². The third kappa shape index (κ3) is 3.03. The van der Waals surface area contributed by atoms with Crippen LogP contribution < -0.4 is 0 Å². The first kappa shape index (κ1) is 18.3. The summed E-state index contributed by atoms with van der Waals surface area (Å²) in [5, 5.41) is 3.28. The van der Waals surface area contributed by atoms with Crippen LogP contribution in [0.4, 0.5) is 0 Å². The van der Waals surface area contributed by atoms with E-state index in [-0.39, 0.29) is 0 Å². The van der Waals surface area contributed by atoms with Gasteiger partial charge in [-0.25, -0.2) is 4.98 Å². The molecule has 0 fully saturated rings. The molecule has 6 rings (SSSR count). The third-order valence-electron chi connectivity index (χ3n) is 5.69. The molecule has 150 valence electrons. The van der Waals surface area contributed by atoms with Crippen molar-refractivity contribution >= 4 is 43.5 Å². The van der Waals surface area contributed by atoms with Crippen molar-refractivity contribution < 1.29 is 4.42 Å². The maximum absolute atomic E-state index is 6.18. The van der Waals surface area contributed by atoms with E-state index in [2.05, 4.69) is 73.4 Å². The van der Waals surface area contributed by atoms with Crippen LogP contribution in [0.3, 0.4) is 0 Å². The van der Waals surface area contributed by atoms with E-state index in [0.717, 1.165) is 38.7 Å². The van der Waals surface area contributed by atoms with Crippen LogP contribution in [0.15, 0.2) is 71.3 Å². The second kappa shape index (κ2) is 6.76. The summed E-state index contributed by atoms with van der Waals surface area (Å²) >= 11 is 1.81. The molecule has 31 heavy (non-hydrogen) atoms. The molecule has 4 heterocycles. The zero-order valence-corrected chi connectivity index (χ0v) is 18.4. The summed E-state index contributed by atoms with van der Waals surface area (Å²) < 4.78 is 7.41. The smallest absolute Gasteiger partial charge is 0.227 e. The number of thiophene rings is 1. The molecule has 0 spiro atoms. The number of para-hydroxylation sites is 1. The minimum Gasteiger partial charge on any atom is -0.437 e. The molecular formula is C27H20N2OS. The second-order valence-electron chi connectivity index (χ2n) is 8.18. The zero-order chi connectivity index (χ0) is 21.1. The molecule has 2 aromatic carbocycles. The number of benzene rings is 2. The number of aromatic nitrogens is 2. The molecule has 0 aliphatic carbocycles. The Balaban J connectivity index is 1.52. The number of hydrogen-bond acceptors (Lipinski definition) is 4. The van der Waals surface area contributed by atoms with Crippen LogP contribution in [-0.2, 0) is 0 Å². The van der Waals surface area contributed by atoms with Gasteiger partial charge in [0.2, 0.25) is 5.71 Å². The molecule has 4 heteroatoms. The van der Waals surface area contributed by atoms with Gasteiger partial charge in [0.1, 0.15) is 5.58 Å². The quantitative estimate of drug-likeness (QED) is 0.286. The molecular weight excluding hydrogens is 400 g/mol. The van der Waals surface area contributed by atoms with Crippen molar-refractivity contribution in [3.8, 4) is 21.7 Å². The fourth-order valence-corrected chi connectivity index (χ4v) is 5.37. The predicted molar refractivity (Wildman–Crippen MR) is 130 cm³/mol. The van der Waals surface area contributed by atoms with Crippen molar-refractivity contribution in [2.45, 2.75) is 20.8 Å². The Morgan fingerprint density at radius 3 is 2.52 bits per heavy atom. The fraction of sp³-hybridized carbons (Fsp3) is 0.111. The average molecular weight is 421 g/mol. The SMILES string of the molecule is Cc1cc(C)cc(-c2cc3cnc(-c4cccc5c4oc4nc(C)ccc45)cc3s2)c1. The molecule has 0 aliphatic heterocycles. The standard InChI is InChI=1S/C27H20N2OS/c1-15-9-16(2)11-18(10-15)24-12-19-14-28-23(13-25(19)31-24)22-6-4-5-20-21-8-7-17(3)29-27(21)30-26(20)22/h4-14H,1-3H3. The van der Waals surface area contributed by atoms with E-state index in [1.165, 1.54) is 26.3 Å². The van der Waals surface area contributed by atoms with Crippen molar-refractivity contribution in [2.75, 3.05) is 0 Å². The Kier molecular flexibility index (Phi) is 3.99.